The van der Waals surface area contributed by atoms with Crippen molar-refractivity contribution in [1.29, 1.82) is 0 Å². The molecule has 74 heavy (non-hydrogen) atoms. The van der Waals surface area contributed by atoms with Gasteiger partial charge in [-0.05, 0) is 75.1 Å². The lowest BCUT2D eigenvalue weighted by Crippen LogP contribution is -2.60. The number of nitrogens with zero attached hydrogens (tertiary/aromatic N) is 2. The average Bonchev–Trinajstić information content (AvgIpc) is 3.76. The van der Waals surface area contributed by atoms with Crippen molar-refractivity contribution in [3.63, 3.8) is 0 Å². The summed E-state index contributed by atoms with van der Waals surface area (Å²) in [6.45, 7) is 1.16. The number of nitrogens with two attached hydrogens (primary N) is 5. The first-order valence-electron chi connectivity index (χ1n) is 24.3. The molecule has 3 aromatic rings. The Labute approximate surface area is 427 Å². The number of hydrogen-bond acceptors (Lipinski definition) is 12. The third-order valence-electron chi connectivity index (χ3n) is 11.8. The number of carbonyl (C=O) groups excluding carboxylic acids is 8. The van der Waals surface area contributed by atoms with Crippen molar-refractivity contribution in [3.05, 3.63) is 71.9 Å². The Hall–Kier alpha value is -8.29. The molecule has 1 fully saturated rings. The molecule has 26 nitrogen and oxygen atoms in total. The van der Waals surface area contributed by atoms with Gasteiger partial charge < -0.3 is 81.3 Å². The summed E-state index contributed by atoms with van der Waals surface area (Å²) in [6.07, 6.45) is 1.17. The monoisotopic (exact) mass is 1030 g/mol. The standard InChI is InChI=1S/C48H70N16O10/c1-27(65)58-32(16-9-21-55-47(50)51)40(67)64-38-25-39(66)54-20-8-7-15-35(46(73)74)61-44(71)37(24-29-26-57-31-14-6-5-13-30(29)31)63-41(68)33(17-10-22-56-48(52)53)59-43(70)36(23-28-11-3-2-4-12-28)62-42(69)34(18-19-49)60-45(38)72/h2-6,11-14,26,32-38,57H,7-10,15-25,49H2,1H3,(H,54,66)(H,58,65)(H,59,70)(H,60,72)(H,61,71)(H,62,69)(H,63,68)(H,64,67)(H,73,74)(H4,50,51,55)(H4,52,53,56)/t32-,33-,34-,35?,36?,37-,38?/m0/s1. The number of fused-ring (bicyclic) bond motifs is 1. The maximum absolute atomic E-state index is 14.5. The molecule has 26 heteroatoms. The first-order valence-corrected chi connectivity index (χ1v) is 24.3. The minimum absolute atomic E-state index is 0.0210. The molecule has 7 atom stereocenters. The van der Waals surface area contributed by atoms with Crippen LogP contribution in [0.3, 0.4) is 0 Å². The highest BCUT2D eigenvalue weighted by Crippen LogP contribution is 2.20. The van der Waals surface area contributed by atoms with Gasteiger partial charge in [0.1, 0.15) is 42.3 Å². The Balaban J connectivity index is 1.75. The number of para-hydroxylation sites is 1. The lowest BCUT2D eigenvalue weighted by atomic mass is 10.0. The fourth-order valence-corrected chi connectivity index (χ4v) is 8.07. The van der Waals surface area contributed by atoms with E-state index in [4.69, 9.17) is 28.7 Å². The third kappa shape index (κ3) is 19.7. The molecular formula is C48H70N16O10. The maximum atomic E-state index is 14.5. The third-order valence-corrected chi connectivity index (χ3v) is 11.8. The normalized spacial score (nSPS) is 21.2. The summed E-state index contributed by atoms with van der Waals surface area (Å²) in [6, 6.07) is 5.89. The Morgan fingerprint density at radius 2 is 1.30 bits per heavy atom. The highest BCUT2D eigenvalue weighted by molar-refractivity contribution is 5.99. The molecule has 2 aromatic carbocycles. The van der Waals surface area contributed by atoms with Crippen LogP contribution in [0, 0.1) is 0 Å². The Morgan fingerprint density at radius 1 is 0.716 bits per heavy atom. The number of H-pyrrole nitrogens is 1. The highest BCUT2D eigenvalue weighted by atomic mass is 16.4. The number of carbonyl (C=O) groups is 9. The van der Waals surface area contributed by atoms with Gasteiger partial charge in [-0.25, -0.2) is 4.79 Å². The topological polar surface area (TPSA) is 441 Å². The summed E-state index contributed by atoms with van der Waals surface area (Å²) in [5.74, 6) is -8.32. The number of amides is 8. The molecule has 4 rings (SSSR count). The minimum atomic E-state index is -1.64. The molecule has 20 N–H and O–H groups in total. The van der Waals surface area contributed by atoms with Gasteiger partial charge in [0.2, 0.25) is 47.3 Å². The van der Waals surface area contributed by atoms with Gasteiger partial charge in [-0.1, -0.05) is 48.5 Å². The number of nitrogens with one attached hydrogen (secondary N) is 9. The van der Waals surface area contributed by atoms with Gasteiger partial charge in [-0.3, -0.25) is 48.3 Å². The lowest BCUT2D eigenvalue weighted by Gasteiger charge is -2.28. The van der Waals surface area contributed by atoms with Crippen molar-refractivity contribution in [3.8, 4) is 0 Å². The number of benzene rings is 2. The summed E-state index contributed by atoms with van der Waals surface area (Å²) in [7, 11) is 0. The quantitative estimate of drug-likeness (QED) is 0.0336. The summed E-state index contributed by atoms with van der Waals surface area (Å²) in [5.41, 5.74) is 29.8. The SMILES string of the molecule is CC(=O)N[C@@H](CCCN=C(N)N)C(=O)NC1CC(=O)NCCCCC(C(=O)O)NC(=O)[C@H](Cc2c[nH]c3ccccc23)NC(=O)[C@H](CCCN=C(N)N)NC(=O)C(Cc2ccccc2)NC(=O)[C@H](CCN)NC1=O. The number of hydrogen-bond donors (Lipinski definition) is 15. The second-order valence-corrected chi connectivity index (χ2v) is 17.7. The molecule has 1 aliphatic heterocycles. The van der Waals surface area contributed by atoms with Crippen LogP contribution >= 0.6 is 0 Å². The molecule has 8 amide bonds. The maximum Gasteiger partial charge on any atom is 0.326 e. The van der Waals surface area contributed by atoms with Crippen molar-refractivity contribution in [2.45, 2.75) is 120 Å². The van der Waals surface area contributed by atoms with E-state index in [-0.39, 0.29) is 102 Å². The van der Waals surface area contributed by atoms with Crippen molar-refractivity contribution >= 4 is 76.0 Å². The van der Waals surface area contributed by atoms with E-state index >= 15 is 0 Å². The highest BCUT2D eigenvalue weighted by Gasteiger charge is 2.35. The molecule has 0 radical (unpaired) electrons. The molecule has 3 unspecified atom stereocenters. The first-order chi connectivity index (χ1) is 35.3. The zero-order valence-corrected chi connectivity index (χ0v) is 41.3. The van der Waals surface area contributed by atoms with E-state index in [1.54, 1.807) is 42.6 Å². The minimum Gasteiger partial charge on any atom is -0.480 e. The molecule has 0 bridgehead atoms. The smallest absolute Gasteiger partial charge is 0.326 e. The Morgan fingerprint density at radius 3 is 1.95 bits per heavy atom. The lowest BCUT2D eigenvalue weighted by molar-refractivity contribution is -0.142. The predicted molar refractivity (Wildman–Crippen MR) is 274 cm³/mol. The number of carboxylic acids is 1. The van der Waals surface area contributed by atoms with E-state index in [0.717, 1.165) is 10.9 Å². The number of aliphatic carboxylic acids is 1. The molecule has 1 saturated heterocycles. The first kappa shape index (κ1) is 58.3. The molecule has 402 valence electrons. The van der Waals surface area contributed by atoms with Crippen LogP contribution in [0.15, 0.2) is 70.8 Å². The van der Waals surface area contributed by atoms with Crippen LogP contribution in [0.2, 0.25) is 0 Å². The van der Waals surface area contributed by atoms with Crippen LogP contribution in [-0.2, 0) is 56.0 Å². The summed E-state index contributed by atoms with van der Waals surface area (Å²) < 4.78 is 0. The van der Waals surface area contributed by atoms with Gasteiger partial charge in [0.25, 0.3) is 0 Å². The van der Waals surface area contributed by atoms with E-state index in [0.29, 0.717) is 11.1 Å². The summed E-state index contributed by atoms with van der Waals surface area (Å²) >= 11 is 0. The number of aromatic nitrogens is 1. The number of carboxylic acid groups (broad SMARTS) is 1. The molecule has 0 aliphatic carbocycles. The Kier molecular flexibility index (Phi) is 23.6. The summed E-state index contributed by atoms with van der Waals surface area (Å²) in [4.78, 5) is 135. The van der Waals surface area contributed by atoms with E-state index in [1.165, 1.54) is 6.92 Å². The second kappa shape index (κ2) is 29.9. The van der Waals surface area contributed by atoms with Gasteiger partial charge in [0.05, 0.1) is 6.42 Å². The zero-order valence-electron chi connectivity index (χ0n) is 41.3. The van der Waals surface area contributed by atoms with Gasteiger partial charge in [-0.2, -0.15) is 0 Å². The average molecular weight is 1030 g/mol. The molecular weight excluding hydrogens is 961 g/mol. The van der Waals surface area contributed by atoms with Crippen molar-refractivity contribution in [2.24, 2.45) is 38.7 Å². The second-order valence-electron chi connectivity index (χ2n) is 17.7. The van der Waals surface area contributed by atoms with E-state index in [2.05, 4.69) is 57.5 Å². The zero-order chi connectivity index (χ0) is 54.2. The van der Waals surface area contributed by atoms with Crippen LogP contribution in [0.1, 0.15) is 75.8 Å². The number of aromatic amines is 1. The molecule has 0 spiro atoms. The molecule has 1 aliphatic rings. The van der Waals surface area contributed by atoms with Gasteiger partial charge in [-0.15, -0.1) is 0 Å². The molecule has 2 heterocycles. The largest absolute Gasteiger partial charge is 0.480 e. The van der Waals surface area contributed by atoms with Crippen LogP contribution in [0.25, 0.3) is 10.9 Å². The van der Waals surface area contributed by atoms with Crippen LogP contribution in [0.4, 0.5) is 0 Å². The van der Waals surface area contributed by atoms with Crippen molar-refractivity contribution in [2.75, 3.05) is 26.2 Å². The van der Waals surface area contributed by atoms with E-state index in [9.17, 15) is 48.3 Å². The summed E-state index contributed by atoms with van der Waals surface area (Å²) in [5, 5.41) is 31.9. The van der Waals surface area contributed by atoms with Gasteiger partial charge >= 0.3 is 5.97 Å². The number of aliphatic imine (C=N–C) groups is 2. The molecule has 0 saturated carbocycles. The Bertz CT molecular complexity index is 2480. The number of guanidine groups is 2. The number of rotatable bonds is 18. The van der Waals surface area contributed by atoms with Crippen LogP contribution in [0.5, 0.6) is 0 Å². The fraction of sp³-hybridized carbons (Fsp3) is 0.479. The van der Waals surface area contributed by atoms with Gasteiger partial charge in [0.15, 0.2) is 11.9 Å². The predicted octanol–water partition coefficient (Wildman–Crippen LogP) is -3.40. The van der Waals surface area contributed by atoms with Crippen LogP contribution < -0.4 is 71.2 Å². The fourth-order valence-electron chi connectivity index (χ4n) is 8.07. The van der Waals surface area contributed by atoms with E-state index in [1.807, 2.05) is 18.2 Å². The van der Waals surface area contributed by atoms with Crippen molar-refractivity contribution in [1.82, 2.24) is 47.5 Å². The van der Waals surface area contributed by atoms with Crippen LogP contribution in [-0.4, -0.2) is 144 Å². The van der Waals surface area contributed by atoms with E-state index < -0.39 is 102 Å². The van der Waals surface area contributed by atoms with Crippen molar-refractivity contribution < 1.29 is 48.3 Å². The molecule has 1 aromatic heterocycles. The van der Waals surface area contributed by atoms with Gasteiger partial charge in [0, 0.05) is 56.5 Å².